The molecule has 94 valence electrons. The van der Waals surface area contributed by atoms with Crippen molar-refractivity contribution in [2.75, 3.05) is 13.2 Å². The maximum Gasteiger partial charge on any atom is 0.137 e. The second-order valence-corrected chi connectivity index (χ2v) is 5.68. The molecule has 0 bridgehead atoms. The van der Waals surface area contributed by atoms with Crippen molar-refractivity contribution in [3.05, 3.63) is 34.1 Å². The zero-order valence-corrected chi connectivity index (χ0v) is 11.2. The van der Waals surface area contributed by atoms with Gasteiger partial charge >= 0.3 is 0 Å². The van der Waals surface area contributed by atoms with Crippen LogP contribution in [0.15, 0.2) is 22.7 Å². The van der Waals surface area contributed by atoms with E-state index in [1.54, 1.807) is 6.07 Å². The van der Waals surface area contributed by atoms with E-state index in [1.165, 1.54) is 6.07 Å². The van der Waals surface area contributed by atoms with Gasteiger partial charge in [0, 0.05) is 12.0 Å². The third-order valence-electron chi connectivity index (χ3n) is 3.74. The first-order valence-corrected chi connectivity index (χ1v) is 6.66. The highest BCUT2D eigenvalue weighted by molar-refractivity contribution is 9.10. The van der Waals surface area contributed by atoms with Crippen LogP contribution in [-0.4, -0.2) is 18.3 Å². The summed E-state index contributed by atoms with van der Waals surface area (Å²) in [5.41, 5.74) is 6.43. The van der Waals surface area contributed by atoms with E-state index in [0.29, 0.717) is 23.4 Å². The average Bonchev–Trinajstić information content (AvgIpc) is 3.16. The van der Waals surface area contributed by atoms with Gasteiger partial charge in [0.15, 0.2) is 0 Å². The minimum absolute atomic E-state index is 0.0666. The first kappa shape index (κ1) is 13.0. The second-order valence-electron chi connectivity index (χ2n) is 4.89. The van der Waals surface area contributed by atoms with Crippen LogP contribution in [0, 0.1) is 17.2 Å². The van der Waals surface area contributed by atoms with E-state index < -0.39 is 0 Å². The molecule has 2 rings (SSSR count). The van der Waals surface area contributed by atoms with Crippen LogP contribution in [0.3, 0.4) is 0 Å². The first-order chi connectivity index (χ1) is 8.13. The molecule has 2 nitrogen and oxygen atoms in total. The van der Waals surface area contributed by atoms with Crippen molar-refractivity contribution in [3.63, 3.8) is 0 Å². The van der Waals surface area contributed by atoms with Gasteiger partial charge in [-0.3, -0.25) is 0 Å². The molecule has 4 heteroatoms. The maximum absolute atomic E-state index is 13.4. The summed E-state index contributed by atoms with van der Waals surface area (Å²) in [5.74, 6) is 0.217. The molecule has 1 fully saturated rings. The van der Waals surface area contributed by atoms with Crippen LogP contribution in [0.25, 0.3) is 0 Å². The molecule has 0 heterocycles. The van der Waals surface area contributed by atoms with E-state index in [9.17, 15) is 9.50 Å². The van der Waals surface area contributed by atoms with Gasteiger partial charge in [-0.05, 0) is 52.7 Å². The molecule has 3 N–H and O–H groups in total. The zero-order chi connectivity index (χ0) is 12.5. The number of benzene rings is 1. The number of rotatable bonds is 5. The summed E-state index contributed by atoms with van der Waals surface area (Å²) < 4.78 is 13.9. The fraction of sp³-hybridized carbons (Fsp3) is 0.538. The van der Waals surface area contributed by atoms with E-state index in [0.717, 1.165) is 18.4 Å². The lowest BCUT2D eigenvalue weighted by Crippen LogP contribution is -2.38. The van der Waals surface area contributed by atoms with Gasteiger partial charge in [-0.2, -0.15) is 0 Å². The van der Waals surface area contributed by atoms with Crippen LogP contribution in [0.5, 0.6) is 0 Å². The summed E-state index contributed by atoms with van der Waals surface area (Å²) in [6.45, 7) is 0.508. The molecule has 0 saturated heterocycles. The molecule has 1 aromatic carbocycles. The highest BCUT2D eigenvalue weighted by atomic mass is 79.9. The van der Waals surface area contributed by atoms with Crippen LogP contribution in [0.2, 0.25) is 0 Å². The molecule has 0 aromatic heterocycles. The Morgan fingerprint density at radius 1 is 1.47 bits per heavy atom. The molecule has 1 saturated carbocycles. The second kappa shape index (κ2) is 5.04. The Kier molecular flexibility index (Phi) is 3.85. The molecule has 1 unspecified atom stereocenters. The third-order valence-corrected chi connectivity index (χ3v) is 4.63. The monoisotopic (exact) mass is 301 g/mol. The summed E-state index contributed by atoms with van der Waals surface area (Å²) in [6.07, 6.45) is 2.86. The molecule has 1 aliphatic rings. The zero-order valence-electron chi connectivity index (χ0n) is 9.63. The number of aliphatic hydroxyl groups is 1. The summed E-state index contributed by atoms with van der Waals surface area (Å²) in [5, 5.41) is 9.62. The Hall–Kier alpha value is -0.450. The summed E-state index contributed by atoms with van der Waals surface area (Å²) in [4.78, 5) is 0. The van der Waals surface area contributed by atoms with Crippen molar-refractivity contribution >= 4 is 15.9 Å². The highest BCUT2D eigenvalue weighted by Crippen LogP contribution is 2.47. The molecule has 1 aromatic rings. The number of halogens is 2. The molecule has 17 heavy (non-hydrogen) atoms. The van der Waals surface area contributed by atoms with Gasteiger partial charge in [-0.25, -0.2) is 4.39 Å². The predicted octanol–water partition coefficient (Wildman–Crippen LogP) is 2.48. The lowest BCUT2D eigenvalue weighted by Gasteiger charge is -2.31. The van der Waals surface area contributed by atoms with Crippen molar-refractivity contribution in [1.82, 2.24) is 0 Å². The SMILES string of the molecule is NCC(CO)(Cc1cccc(F)c1Br)C1CC1. The smallest absolute Gasteiger partial charge is 0.137 e. The minimum Gasteiger partial charge on any atom is -0.396 e. The van der Waals surface area contributed by atoms with Gasteiger partial charge < -0.3 is 10.8 Å². The van der Waals surface area contributed by atoms with E-state index >= 15 is 0 Å². The third kappa shape index (κ3) is 2.54. The van der Waals surface area contributed by atoms with Crippen LogP contribution in [0.1, 0.15) is 18.4 Å². The first-order valence-electron chi connectivity index (χ1n) is 5.87. The van der Waals surface area contributed by atoms with Gasteiger partial charge in [0.25, 0.3) is 0 Å². The van der Waals surface area contributed by atoms with Gasteiger partial charge in [0.1, 0.15) is 5.82 Å². The minimum atomic E-state index is -0.281. The summed E-state index contributed by atoms with van der Waals surface area (Å²) >= 11 is 3.26. The molecule has 0 radical (unpaired) electrons. The van der Waals surface area contributed by atoms with Gasteiger partial charge in [-0.15, -0.1) is 0 Å². The van der Waals surface area contributed by atoms with Crippen molar-refractivity contribution in [3.8, 4) is 0 Å². The Morgan fingerprint density at radius 3 is 2.71 bits per heavy atom. The van der Waals surface area contributed by atoms with Crippen molar-refractivity contribution in [2.24, 2.45) is 17.1 Å². The standard InChI is InChI=1S/C13H17BrFNO/c14-12-9(2-1-3-11(12)15)6-13(7-16,8-17)10-4-5-10/h1-3,10,17H,4-8,16H2. The number of hydrogen-bond donors (Lipinski definition) is 2. The topological polar surface area (TPSA) is 46.2 Å². The Bertz CT molecular complexity index is 402. The molecule has 1 aliphatic carbocycles. The van der Waals surface area contributed by atoms with E-state index in [-0.39, 0.29) is 17.8 Å². The van der Waals surface area contributed by atoms with Crippen LogP contribution in [-0.2, 0) is 6.42 Å². The largest absolute Gasteiger partial charge is 0.396 e. The maximum atomic E-state index is 13.4. The predicted molar refractivity (Wildman–Crippen MR) is 69.1 cm³/mol. The summed E-state index contributed by atoms with van der Waals surface area (Å²) in [6, 6.07) is 5.00. The lowest BCUT2D eigenvalue weighted by atomic mass is 9.78. The fourth-order valence-electron chi connectivity index (χ4n) is 2.39. The van der Waals surface area contributed by atoms with Crippen LogP contribution in [0.4, 0.5) is 4.39 Å². The van der Waals surface area contributed by atoms with E-state index in [2.05, 4.69) is 15.9 Å². The average molecular weight is 302 g/mol. The van der Waals surface area contributed by atoms with E-state index in [4.69, 9.17) is 5.73 Å². The Balaban J connectivity index is 2.25. The molecule has 0 amide bonds. The van der Waals surface area contributed by atoms with Crippen LogP contribution < -0.4 is 5.73 Å². The lowest BCUT2D eigenvalue weighted by molar-refractivity contribution is 0.108. The van der Waals surface area contributed by atoms with Gasteiger partial charge in [0.05, 0.1) is 11.1 Å². The van der Waals surface area contributed by atoms with E-state index in [1.807, 2.05) is 6.07 Å². The molecule has 0 aliphatic heterocycles. The van der Waals surface area contributed by atoms with Gasteiger partial charge in [0.2, 0.25) is 0 Å². The number of nitrogens with two attached hydrogens (primary N) is 1. The normalized spacial score (nSPS) is 19.1. The van der Waals surface area contributed by atoms with Crippen LogP contribution >= 0.6 is 15.9 Å². The highest BCUT2D eigenvalue weighted by Gasteiger charge is 2.44. The van der Waals surface area contributed by atoms with Crippen molar-refractivity contribution in [2.45, 2.75) is 19.3 Å². The Morgan fingerprint density at radius 2 is 2.18 bits per heavy atom. The molecular weight excluding hydrogens is 285 g/mol. The molecular formula is C13H17BrFNO. The Labute approximate surface area is 109 Å². The quantitative estimate of drug-likeness (QED) is 0.878. The fourth-order valence-corrected chi connectivity index (χ4v) is 2.80. The molecule has 0 spiro atoms. The molecule has 1 atom stereocenters. The van der Waals surface area contributed by atoms with Gasteiger partial charge in [-0.1, -0.05) is 12.1 Å². The summed E-state index contributed by atoms with van der Waals surface area (Å²) in [7, 11) is 0. The van der Waals surface area contributed by atoms with Crippen molar-refractivity contribution < 1.29 is 9.50 Å². The number of aliphatic hydroxyl groups excluding tert-OH is 1. The van der Waals surface area contributed by atoms with Crippen molar-refractivity contribution in [1.29, 1.82) is 0 Å². The number of hydrogen-bond acceptors (Lipinski definition) is 2.